The number of fused-ring (bicyclic) bond motifs is 1. The molecule has 156 valence electrons. The van der Waals surface area contributed by atoms with Gasteiger partial charge in [0.1, 0.15) is 5.75 Å². The number of nitrogens with one attached hydrogen (secondary N) is 3. The molecule has 1 atom stereocenters. The van der Waals surface area contributed by atoms with Gasteiger partial charge in [0.25, 0.3) is 11.5 Å². The van der Waals surface area contributed by atoms with Gasteiger partial charge in [-0.15, -0.1) is 0 Å². The first kappa shape index (κ1) is 19.9. The predicted octanol–water partition coefficient (Wildman–Crippen LogP) is 1.42. The van der Waals surface area contributed by atoms with Crippen LogP contribution in [0.3, 0.4) is 0 Å². The second-order valence-electron chi connectivity index (χ2n) is 7.43. The number of aromatic nitrogens is 2. The number of hydrogen-bond acceptors (Lipinski definition) is 5. The monoisotopic (exact) mass is 408 g/mol. The van der Waals surface area contributed by atoms with E-state index < -0.39 is 11.2 Å². The summed E-state index contributed by atoms with van der Waals surface area (Å²) < 4.78 is 6.18. The number of H-pyrrole nitrogens is 1. The summed E-state index contributed by atoms with van der Waals surface area (Å²) in [5.41, 5.74) is 0.169. The predicted molar refractivity (Wildman–Crippen MR) is 115 cm³/mol. The van der Waals surface area contributed by atoms with Crippen molar-refractivity contribution in [2.45, 2.75) is 12.8 Å². The molecule has 1 unspecified atom stereocenters. The second kappa shape index (κ2) is 8.54. The van der Waals surface area contributed by atoms with Gasteiger partial charge in [-0.25, -0.2) is 9.36 Å². The average molecular weight is 408 g/mol. The standard InChI is InChI=1S/C22H24N4O4/c1-30-17-5-3-16(4-6-17)26-21(28)18-7-2-15(12-19(18)25-22(26)29)20(27)24-11-9-14-8-10-23-13-14/h2-7,12,14,23H,8-11,13H2,1H3,(H,24,27)(H,25,29). The number of rotatable bonds is 6. The molecule has 1 aromatic heterocycles. The molecule has 0 aliphatic carbocycles. The van der Waals surface area contributed by atoms with Crippen molar-refractivity contribution in [3.63, 3.8) is 0 Å². The molecule has 2 heterocycles. The Kier molecular flexibility index (Phi) is 5.67. The Hall–Kier alpha value is -3.39. The molecule has 0 bridgehead atoms. The highest BCUT2D eigenvalue weighted by Gasteiger charge is 2.15. The Labute approximate surface area is 172 Å². The second-order valence-corrected chi connectivity index (χ2v) is 7.43. The topological polar surface area (TPSA) is 105 Å². The fourth-order valence-corrected chi connectivity index (χ4v) is 3.78. The first-order valence-electron chi connectivity index (χ1n) is 9.99. The largest absolute Gasteiger partial charge is 0.497 e. The summed E-state index contributed by atoms with van der Waals surface area (Å²) >= 11 is 0. The number of carbonyl (C=O) groups excluding carboxylic acids is 1. The molecule has 1 amide bonds. The zero-order chi connectivity index (χ0) is 21.1. The van der Waals surface area contributed by atoms with Gasteiger partial charge in [-0.2, -0.15) is 0 Å². The molecular formula is C22H24N4O4. The molecule has 0 spiro atoms. The van der Waals surface area contributed by atoms with Gasteiger partial charge in [-0.05, 0) is 74.3 Å². The van der Waals surface area contributed by atoms with Gasteiger partial charge in [0.2, 0.25) is 0 Å². The summed E-state index contributed by atoms with van der Waals surface area (Å²) in [7, 11) is 1.55. The van der Waals surface area contributed by atoms with Crippen LogP contribution in [0.1, 0.15) is 23.2 Å². The van der Waals surface area contributed by atoms with E-state index in [-0.39, 0.29) is 5.91 Å². The minimum Gasteiger partial charge on any atom is -0.497 e. The van der Waals surface area contributed by atoms with Crippen LogP contribution in [0.2, 0.25) is 0 Å². The highest BCUT2D eigenvalue weighted by molar-refractivity contribution is 5.97. The summed E-state index contributed by atoms with van der Waals surface area (Å²) in [5.74, 6) is 1.00. The Balaban J connectivity index is 1.58. The van der Waals surface area contributed by atoms with Gasteiger partial charge in [0.15, 0.2) is 0 Å². The minimum absolute atomic E-state index is 0.219. The molecule has 3 aromatic rings. The van der Waals surface area contributed by atoms with Gasteiger partial charge in [-0.1, -0.05) is 0 Å². The Bertz CT molecular complexity index is 1170. The number of aromatic amines is 1. The molecule has 8 nitrogen and oxygen atoms in total. The maximum absolute atomic E-state index is 12.9. The van der Waals surface area contributed by atoms with E-state index in [1.54, 1.807) is 49.6 Å². The Morgan fingerprint density at radius 1 is 1.20 bits per heavy atom. The van der Waals surface area contributed by atoms with Gasteiger partial charge in [0.05, 0.1) is 23.7 Å². The molecule has 4 rings (SSSR count). The van der Waals surface area contributed by atoms with E-state index in [0.717, 1.165) is 30.5 Å². The third kappa shape index (κ3) is 3.99. The van der Waals surface area contributed by atoms with Gasteiger partial charge in [-0.3, -0.25) is 9.59 Å². The smallest absolute Gasteiger partial charge is 0.333 e. The highest BCUT2D eigenvalue weighted by Crippen LogP contribution is 2.15. The fraction of sp³-hybridized carbons (Fsp3) is 0.318. The number of ether oxygens (including phenoxy) is 1. The summed E-state index contributed by atoms with van der Waals surface area (Å²) in [6, 6.07) is 11.4. The summed E-state index contributed by atoms with van der Waals surface area (Å²) in [6.07, 6.45) is 2.06. The Morgan fingerprint density at radius 3 is 2.70 bits per heavy atom. The van der Waals surface area contributed by atoms with E-state index in [9.17, 15) is 14.4 Å². The number of carbonyl (C=O) groups is 1. The maximum Gasteiger partial charge on any atom is 0.333 e. The van der Waals surface area contributed by atoms with Crippen molar-refractivity contribution in [2.24, 2.45) is 5.92 Å². The van der Waals surface area contributed by atoms with Crippen LogP contribution in [-0.2, 0) is 0 Å². The first-order valence-corrected chi connectivity index (χ1v) is 9.99. The van der Waals surface area contributed by atoms with Crippen molar-refractivity contribution in [2.75, 3.05) is 26.7 Å². The maximum atomic E-state index is 12.9. The van der Waals surface area contributed by atoms with Crippen molar-refractivity contribution >= 4 is 16.8 Å². The van der Waals surface area contributed by atoms with Crippen molar-refractivity contribution in [3.8, 4) is 11.4 Å². The third-order valence-electron chi connectivity index (χ3n) is 5.49. The molecule has 0 radical (unpaired) electrons. The van der Waals surface area contributed by atoms with E-state index in [4.69, 9.17) is 4.74 Å². The van der Waals surface area contributed by atoms with Crippen LogP contribution in [0.5, 0.6) is 5.75 Å². The quantitative estimate of drug-likeness (QED) is 0.572. The van der Waals surface area contributed by atoms with E-state index in [1.807, 2.05) is 0 Å². The van der Waals surface area contributed by atoms with E-state index >= 15 is 0 Å². The average Bonchev–Trinajstić information content (AvgIpc) is 3.27. The molecule has 30 heavy (non-hydrogen) atoms. The molecule has 2 aromatic carbocycles. The molecule has 1 aliphatic heterocycles. The van der Waals surface area contributed by atoms with Gasteiger partial charge < -0.3 is 20.4 Å². The van der Waals surface area contributed by atoms with Crippen molar-refractivity contribution in [3.05, 3.63) is 68.9 Å². The normalized spacial score (nSPS) is 16.0. The summed E-state index contributed by atoms with van der Waals surface area (Å²) in [5, 5.41) is 6.56. The van der Waals surface area contributed by atoms with Crippen LogP contribution in [0.15, 0.2) is 52.1 Å². The van der Waals surface area contributed by atoms with Crippen molar-refractivity contribution in [1.82, 2.24) is 20.2 Å². The number of methoxy groups -OCH3 is 1. The molecule has 1 fully saturated rings. The lowest BCUT2D eigenvalue weighted by Gasteiger charge is -2.10. The van der Waals surface area contributed by atoms with Crippen LogP contribution < -0.4 is 26.6 Å². The molecule has 1 saturated heterocycles. The number of amides is 1. The van der Waals surface area contributed by atoms with Gasteiger partial charge in [0, 0.05) is 12.1 Å². The molecule has 3 N–H and O–H groups in total. The zero-order valence-corrected chi connectivity index (χ0v) is 16.7. The van der Waals surface area contributed by atoms with E-state index in [2.05, 4.69) is 15.6 Å². The van der Waals surface area contributed by atoms with Crippen molar-refractivity contribution in [1.29, 1.82) is 0 Å². The summed E-state index contributed by atoms with van der Waals surface area (Å²) in [4.78, 5) is 40.7. The van der Waals surface area contributed by atoms with Crippen LogP contribution in [-0.4, -0.2) is 42.2 Å². The lowest BCUT2D eigenvalue weighted by Crippen LogP contribution is -2.33. The molecular weight excluding hydrogens is 384 g/mol. The molecule has 0 saturated carbocycles. The fourth-order valence-electron chi connectivity index (χ4n) is 3.78. The molecule has 1 aliphatic rings. The van der Waals surface area contributed by atoms with E-state index in [1.165, 1.54) is 0 Å². The van der Waals surface area contributed by atoms with Gasteiger partial charge >= 0.3 is 5.69 Å². The first-order chi connectivity index (χ1) is 14.6. The number of benzene rings is 2. The zero-order valence-electron chi connectivity index (χ0n) is 16.7. The van der Waals surface area contributed by atoms with E-state index in [0.29, 0.717) is 40.4 Å². The third-order valence-corrected chi connectivity index (χ3v) is 5.49. The number of nitrogens with zero attached hydrogens (tertiary/aromatic N) is 1. The SMILES string of the molecule is COc1ccc(-n2c(=O)[nH]c3cc(C(=O)NCCC4CCNC4)ccc3c2=O)cc1. The lowest BCUT2D eigenvalue weighted by molar-refractivity contribution is 0.0951. The minimum atomic E-state index is -0.566. The Morgan fingerprint density at radius 2 is 2.00 bits per heavy atom. The van der Waals surface area contributed by atoms with Crippen LogP contribution in [0.4, 0.5) is 0 Å². The van der Waals surface area contributed by atoms with Crippen LogP contribution in [0.25, 0.3) is 16.6 Å². The van der Waals surface area contributed by atoms with Crippen LogP contribution in [0, 0.1) is 5.92 Å². The lowest BCUT2D eigenvalue weighted by atomic mass is 10.1. The van der Waals surface area contributed by atoms with Crippen molar-refractivity contribution < 1.29 is 9.53 Å². The summed E-state index contributed by atoms with van der Waals surface area (Å²) in [6.45, 7) is 2.62. The molecule has 8 heteroatoms. The highest BCUT2D eigenvalue weighted by atomic mass is 16.5. The number of hydrogen-bond donors (Lipinski definition) is 3. The van der Waals surface area contributed by atoms with Crippen LogP contribution >= 0.6 is 0 Å².